The van der Waals surface area contributed by atoms with Crippen molar-refractivity contribution in [1.29, 1.82) is 0 Å². The summed E-state index contributed by atoms with van der Waals surface area (Å²) in [5, 5.41) is 0. The first-order valence-corrected chi connectivity index (χ1v) is 5.51. The maximum Gasteiger partial charge on any atom is 0.389 e. The molecule has 1 aromatic rings. The molecule has 0 saturated heterocycles. The molecule has 0 spiro atoms. The lowest BCUT2D eigenvalue weighted by atomic mass is 10.3. The molecule has 5 heteroatoms. The Balaban J connectivity index is 2.30. The van der Waals surface area contributed by atoms with Crippen molar-refractivity contribution in [3.05, 3.63) is 27.8 Å². The number of rotatable bonds is 4. The molecule has 0 saturated carbocycles. The van der Waals surface area contributed by atoms with Gasteiger partial charge in [0.15, 0.2) is 0 Å². The van der Waals surface area contributed by atoms with E-state index in [4.69, 9.17) is 4.74 Å². The van der Waals surface area contributed by atoms with Gasteiger partial charge in [-0.3, -0.25) is 0 Å². The summed E-state index contributed by atoms with van der Waals surface area (Å²) in [6.07, 6.45) is -4.89. The Hall–Kier alpha value is -0.460. The molecule has 0 fully saturated rings. The maximum absolute atomic E-state index is 11.8. The van der Waals surface area contributed by atoms with E-state index in [0.717, 1.165) is 3.57 Å². The van der Waals surface area contributed by atoms with Gasteiger partial charge in [-0.25, -0.2) is 0 Å². The molecule has 0 unspecified atom stereocenters. The average molecular weight is 330 g/mol. The lowest BCUT2D eigenvalue weighted by Crippen LogP contribution is -2.09. The molecule has 1 aromatic carbocycles. The molecule has 15 heavy (non-hydrogen) atoms. The van der Waals surface area contributed by atoms with E-state index < -0.39 is 12.6 Å². The Morgan fingerprint density at radius 1 is 1.20 bits per heavy atom. The van der Waals surface area contributed by atoms with Gasteiger partial charge < -0.3 is 4.74 Å². The SMILES string of the molecule is FC(F)(F)CCCOc1ccccc1I. The minimum Gasteiger partial charge on any atom is -0.492 e. The molecule has 0 aliphatic rings. The molecule has 0 bridgehead atoms. The van der Waals surface area contributed by atoms with Gasteiger partial charge in [0.05, 0.1) is 10.2 Å². The Bertz CT molecular complexity index is 312. The fourth-order valence-corrected chi connectivity index (χ4v) is 1.56. The third kappa shape index (κ3) is 5.25. The zero-order valence-corrected chi connectivity index (χ0v) is 10.0. The minimum atomic E-state index is -4.09. The second-order valence-corrected chi connectivity index (χ2v) is 4.16. The van der Waals surface area contributed by atoms with Gasteiger partial charge >= 0.3 is 6.18 Å². The van der Waals surface area contributed by atoms with Crippen molar-refractivity contribution in [3.8, 4) is 5.75 Å². The van der Waals surface area contributed by atoms with E-state index in [1.165, 1.54) is 0 Å². The highest BCUT2D eigenvalue weighted by Crippen LogP contribution is 2.23. The maximum atomic E-state index is 11.8. The fourth-order valence-electron chi connectivity index (χ4n) is 1.02. The number of para-hydroxylation sites is 1. The first-order valence-electron chi connectivity index (χ1n) is 4.43. The predicted octanol–water partition coefficient (Wildman–Crippen LogP) is 4.01. The number of ether oxygens (including phenoxy) is 1. The summed E-state index contributed by atoms with van der Waals surface area (Å²) >= 11 is 2.08. The largest absolute Gasteiger partial charge is 0.492 e. The third-order valence-electron chi connectivity index (χ3n) is 1.70. The van der Waals surface area contributed by atoms with Gasteiger partial charge in [-0.2, -0.15) is 13.2 Å². The van der Waals surface area contributed by atoms with E-state index in [-0.39, 0.29) is 13.0 Å². The molecular weight excluding hydrogens is 320 g/mol. The number of hydrogen-bond acceptors (Lipinski definition) is 1. The lowest BCUT2D eigenvalue weighted by Gasteiger charge is -2.09. The van der Waals surface area contributed by atoms with Crippen molar-refractivity contribution < 1.29 is 17.9 Å². The summed E-state index contributed by atoms with van der Waals surface area (Å²) in [6, 6.07) is 7.24. The van der Waals surface area contributed by atoms with Crippen molar-refractivity contribution in [2.45, 2.75) is 19.0 Å². The van der Waals surface area contributed by atoms with Gasteiger partial charge in [-0.05, 0) is 41.1 Å². The van der Waals surface area contributed by atoms with Crippen molar-refractivity contribution in [3.63, 3.8) is 0 Å². The highest BCUT2D eigenvalue weighted by atomic mass is 127. The van der Waals surface area contributed by atoms with E-state index in [2.05, 4.69) is 22.6 Å². The highest BCUT2D eigenvalue weighted by Gasteiger charge is 2.26. The van der Waals surface area contributed by atoms with E-state index in [0.29, 0.717) is 5.75 Å². The van der Waals surface area contributed by atoms with Crippen molar-refractivity contribution >= 4 is 22.6 Å². The molecule has 0 atom stereocenters. The molecule has 1 nitrogen and oxygen atoms in total. The first-order chi connectivity index (χ1) is 6.99. The van der Waals surface area contributed by atoms with Gasteiger partial charge in [0, 0.05) is 6.42 Å². The number of alkyl halides is 3. The smallest absolute Gasteiger partial charge is 0.389 e. The molecule has 0 aliphatic carbocycles. The summed E-state index contributed by atoms with van der Waals surface area (Å²) in [5.74, 6) is 0.639. The van der Waals surface area contributed by atoms with E-state index in [9.17, 15) is 13.2 Å². The molecular formula is C10H10F3IO. The van der Waals surface area contributed by atoms with Crippen LogP contribution in [0.1, 0.15) is 12.8 Å². The van der Waals surface area contributed by atoms with Crippen molar-refractivity contribution in [1.82, 2.24) is 0 Å². The molecule has 0 radical (unpaired) electrons. The normalized spacial score (nSPS) is 11.5. The van der Waals surface area contributed by atoms with Crippen LogP contribution in [-0.4, -0.2) is 12.8 Å². The van der Waals surface area contributed by atoms with Crippen molar-refractivity contribution in [2.24, 2.45) is 0 Å². The van der Waals surface area contributed by atoms with Crippen LogP contribution in [0.4, 0.5) is 13.2 Å². The monoisotopic (exact) mass is 330 g/mol. The van der Waals surface area contributed by atoms with Gasteiger partial charge in [0.25, 0.3) is 0 Å². The number of hydrogen-bond donors (Lipinski definition) is 0. The zero-order chi connectivity index (χ0) is 11.3. The number of benzene rings is 1. The summed E-state index contributed by atoms with van der Waals surface area (Å²) in [7, 11) is 0. The summed E-state index contributed by atoms with van der Waals surface area (Å²) in [5.41, 5.74) is 0. The molecule has 84 valence electrons. The molecule has 1 rings (SSSR count). The Morgan fingerprint density at radius 3 is 2.47 bits per heavy atom. The van der Waals surface area contributed by atoms with Gasteiger partial charge in [0.2, 0.25) is 0 Å². The van der Waals surface area contributed by atoms with Crippen LogP contribution in [0.3, 0.4) is 0 Å². The topological polar surface area (TPSA) is 9.23 Å². The summed E-state index contributed by atoms with van der Waals surface area (Å²) in [4.78, 5) is 0. The van der Waals surface area contributed by atoms with Crippen molar-refractivity contribution in [2.75, 3.05) is 6.61 Å². The number of halogens is 4. The molecule has 0 aromatic heterocycles. The second kappa shape index (κ2) is 5.58. The zero-order valence-electron chi connectivity index (χ0n) is 7.85. The third-order valence-corrected chi connectivity index (χ3v) is 2.59. The molecule has 0 amide bonds. The van der Waals surface area contributed by atoms with Gasteiger partial charge in [-0.1, -0.05) is 12.1 Å². The molecule has 0 aliphatic heterocycles. The van der Waals surface area contributed by atoms with Gasteiger partial charge in [0.1, 0.15) is 5.75 Å². The van der Waals surface area contributed by atoms with Crippen LogP contribution >= 0.6 is 22.6 Å². The van der Waals surface area contributed by atoms with Gasteiger partial charge in [-0.15, -0.1) is 0 Å². The Kier molecular flexibility index (Phi) is 4.69. The Morgan fingerprint density at radius 2 is 1.87 bits per heavy atom. The summed E-state index contributed by atoms with van der Waals surface area (Å²) in [6.45, 7) is 0.0968. The van der Waals surface area contributed by atoms with E-state index in [1.807, 2.05) is 12.1 Å². The van der Waals surface area contributed by atoms with Crippen LogP contribution in [0, 0.1) is 3.57 Å². The lowest BCUT2D eigenvalue weighted by molar-refractivity contribution is -0.136. The Labute approximate surface area is 99.8 Å². The highest BCUT2D eigenvalue weighted by molar-refractivity contribution is 14.1. The van der Waals surface area contributed by atoms with Crippen LogP contribution in [0.25, 0.3) is 0 Å². The minimum absolute atomic E-state index is 0.00548. The van der Waals surface area contributed by atoms with Crippen LogP contribution in [-0.2, 0) is 0 Å². The van der Waals surface area contributed by atoms with Crippen LogP contribution < -0.4 is 4.74 Å². The quantitative estimate of drug-likeness (QED) is 0.599. The molecule has 0 N–H and O–H groups in total. The standard InChI is InChI=1S/C10H10F3IO/c11-10(12,13)6-3-7-15-9-5-2-1-4-8(9)14/h1-2,4-5H,3,6-7H2. The summed E-state index contributed by atoms with van der Waals surface area (Å²) < 4.78 is 41.5. The molecule has 0 heterocycles. The average Bonchev–Trinajstić information content (AvgIpc) is 2.13. The second-order valence-electron chi connectivity index (χ2n) is 3.00. The van der Waals surface area contributed by atoms with E-state index >= 15 is 0 Å². The van der Waals surface area contributed by atoms with Crippen LogP contribution in [0.15, 0.2) is 24.3 Å². The first kappa shape index (κ1) is 12.6. The van der Waals surface area contributed by atoms with Crippen LogP contribution in [0.5, 0.6) is 5.75 Å². The van der Waals surface area contributed by atoms with E-state index in [1.54, 1.807) is 12.1 Å². The van der Waals surface area contributed by atoms with Crippen LogP contribution in [0.2, 0.25) is 0 Å². The fraction of sp³-hybridized carbons (Fsp3) is 0.400. The predicted molar refractivity (Wildman–Crippen MR) is 59.9 cm³/mol.